The van der Waals surface area contributed by atoms with Crippen LogP contribution in [0.5, 0.6) is 0 Å². The molecular formula is C12H15N3O3. The summed E-state index contributed by atoms with van der Waals surface area (Å²) in [6, 6.07) is -0.183. The van der Waals surface area contributed by atoms with Gasteiger partial charge in [-0.15, -0.1) is 0 Å². The Balaban J connectivity index is 2.09. The number of aromatic nitrogens is 2. The number of hydrogen-bond acceptors (Lipinski definition) is 6. The molecule has 1 aliphatic carbocycles. The van der Waals surface area contributed by atoms with Crippen LogP contribution in [-0.2, 0) is 9.53 Å². The predicted octanol–water partition coefficient (Wildman–Crippen LogP) is 1.11. The van der Waals surface area contributed by atoms with E-state index in [1.165, 1.54) is 6.20 Å². The molecule has 1 N–H and O–H groups in total. The Morgan fingerprint density at radius 3 is 2.89 bits per heavy atom. The third-order valence-corrected chi connectivity index (χ3v) is 2.85. The molecule has 0 aromatic carbocycles. The summed E-state index contributed by atoms with van der Waals surface area (Å²) in [5.74, 6) is 0.116. The second-order valence-electron chi connectivity index (χ2n) is 4.12. The lowest BCUT2D eigenvalue weighted by Crippen LogP contribution is -2.39. The number of carbonyl (C=O) groups is 2. The van der Waals surface area contributed by atoms with Crippen molar-refractivity contribution < 1.29 is 14.3 Å². The topological polar surface area (TPSA) is 81.2 Å². The molecule has 1 fully saturated rings. The third-order valence-electron chi connectivity index (χ3n) is 2.85. The van der Waals surface area contributed by atoms with Crippen molar-refractivity contribution in [1.29, 1.82) is 0 Å². The molecule has 2 rings (SSSR count). The van der Waals surface area contributed by atoms with E-state index in [-0.39, 0.29) is 11.8 Å². The number of hydrogen-bond donors (Lipinski definition) is 1. The summed E-state index contributed by atoms with van der Waals surface area (Å²) in [6.07, 6.45) is 2.84. The minimum Gasteiger partial charge on any atom is -0.462 e. The Bertz CT molecular complexity index is 487. The average Bonchev–Trinajstić information content (AvgIpc) is 2.34. The highest BCUT2D eigenvalue weighted by Gasteiger charge is 2.28. The molecule has 1 atom stereocenters. The van der Waals surface area contributed by atoms with E-state index in [2.05, 4.69) is 15.3 Å². The maximum atomic E-state index is 11.5. The van der Waals surface area contributed by atoms with Gasteiger partial charge in [0.05, 0.1) is 23.9 Å². The lowest BCUT2D eigenvalue weighted by atomic mass is 9.91. The zero-order valence-corrected chi connectivity index (χ0v) is 10.4. The highest BCUT2D eigenvalue weighted by atomic mass is 16.5. The molecule has 6 heteroatoms. The molecule has 1 aromatic heterocycles. The predicted molar refractivity (Wildman–Crippen MR) is 64.4 cm³/mol. The van der Waals surface area contributed by atoms with Crippen LogP contribution in [-0.4, -0.2) is 34.4 Å². The van der Waals surface area contributed by atoms with Gasteiger partial charge in [0.1, 0.15) is 0 Å². The molecule has 0 saturated heterocycles. The Kier molecular flexibility index (Phi) is 3.55. The van der Waals surface area contributed by atoms with Crippen LogP contribution in [0.25, 0.3) is 0 Å². The Hall–Kier alpha value is -1.98. The van der Waals surface area contributed by atoms with Crippen molar-refractivity contribution >= 4 is 17.7 Å². The Morgan fingerprint density at radius 1 is 1.61 bits per heavy atom. The largest absolute Gasteiger partial charge is 0.462 e. The van der Waals surface area contributed by atoms with Crippen LogP contribution < -0.4 is 5.32 Å². The van der Waals surface area contributed by atoms with E-state index < -0.39 is 5.97 Å². The van der Waals surface area contributed by atoms with Gasteiger partial charge < -0.3 is 10.1 Å². The first-order valence-corrected chi connectivity index (χ1v) is 5.92. The van der Waals surface area contributed by atoms with E-state index in [0.717, 1.165) is 6.42 Å². The van der Waals surface area contributed by atoms with E-state index >= 15 is 0 Å². The summed E-state index contributed by atoms with van der Waals surface area (Å²) in [7, 11) is 0. The third kappa shape index (κ3) is 2.47. The molecule has 0 bridgehead atoms. The summed E-state index contributed by atoms with van der Waals surface area (Å²) in [4.78, 5) is 30.9. The number of ketones is 1. The van der Waals surface area contributed by atoms with E-state index in [4.69, 9.17) is 4.74 Å². The molecule has 0 aliphatic heterocycles. The summed E-state index contributed by atoms with van der Waals surface area (Å²) in [6.45, 7) is 3.77. The van der Waals surface area contributed by atoms with Crippen LogP contribution in [0.15, 0.2) is 6.20 Å². The molecule has 1 aliphatic rings. The van der Waals surface area contributed by atoms with Crippen LogP contribution in [0.2, 0.25) is 0 Å². The van der Waals surface area contributed by atoms with Gasteiger partial charge in [0.15, 0.2) is 5.78 Å². The first kappa shape index (κ1) is 12.5. The van der Waals surface area contributed by atoms with Gasteiger partial charge in [-0.3, -0.25) is 4.79 Å². The molecule has 0 amide bonds. The van der Waals surface area contributed by atoms with Crippen LogP contribution in [0.4, 0.5) is 5.95 Å². The van der Waals surface area contributed by atoms with E-state index in [9.17, 15) is 9.59 Å². The maximum absolute atomic E-state index is 11.5. The van der Waals surface area contributed by atoms with Gasteiger partial charge >= 0.3 is 5.97 Å². The van der Waals surface area contributed by atoms with Crippen molar-refractivity contribution in [1.82, 2.24) is 9.97 Å². The first-order chi connectivity index (χ1) is 8.61. The number of aryl methyl sites for hydroxylation is 1. The SMILES string of the molecule is CCOC(=O)c1cnc(NC2CCC2=O)nc1C. The van der Waals surface area contributed by atoms with Crippen molar-refractivity contribution in [2.75, 3.05) is 11.9 Å². The number of carbonyl (C=O) groups excluding carboxylic acids is 2. The number of rotatable bonds is 4. The van der Waals surface area contributed by atoms with Crippen LogP contribution in [0.3, 0.4) is 0 Å². The number of Topliss-reactive ketones (excluding diaryl/α,β-unsaturated/α-hetero) is 1. The van der Waals surface area contributed by atoms with Gasteiger partial charge in [-0.25, -0.2) is 14.8 Å². The molecule has 18 heavy (non-hydrogen) atoms. The molecule has 0 radical (unpaired) electrons. The highest BCUT2D eigenvalue weighted by molar-refractivity contribution is 5.92. The van der Waals surface area contributed by atoms with Crippen molar-refractivity contribution in [2.45, 2.75) is 32.7 Å². The standard InChI is InChI=1S/C12H15N3O3/c1-3-18-11(17)8-6-13-12(14-7(8)2)15-9-4-5-10(9)16/h6,9H,3-5H2,1-2H3,(H,13,14,15). The number of esters is 1. The molecule has 6 nitrogen and oxygen atoms in total. The lowest BCUT2D eigenvalue weighted by Gasteiger charge is -2.24. The van der Waals surface area contributed by atoms with E-state index in [0.29, 0.717) is 30.2 Å². The van der Waals surface area contributed by atoms with Crippen molar-refractivity contribution in [3.05, 3.63) is 17.5 Å². The number of nitrogens with one attached hydrogen (secondary N) is 1. The summed E-state index contributed by atoms with van der Waals surface area (Å²) < 4.78 is 4.89. The van der Waals surface area contributed by atoms with Crippen molar-refractivity contribution in [3.8, 4) is 0 Å². The quantitative estimate of drug-likeness (QED) is 0.805. The second kappa shape index (κ2) is 5.12. The first-order valence-electron chi connectivity index (χ1n) is 5.92. The fourth-order valence-corrected chi connectivity index (χ4v) is 1.66. The minimum absolute atomic E-state index is 0.172. The van der Waals surface area contributed by atoms with Crippen molar-refractivity contribution in [2.24, 2.45) is 0 Å². The fourth-order valence-electron chi connectivity index (χ4n) is 1.66. The Morgan fingerprint density at radius 2 is 2.39 bits per heavy atom. The van der Waals surface area contributed by atoms with E-state index in [1.54, 1.807) is 13.8 Å². The summed E-state index contributed by atoms with van der Waals surface area (Å²) >= 11 is 0. The van der Waals surface area contributed by atoms with Gasteiger partial charge in [0, 0.05) is 12.6 Å². The monoisotopic (exact) mass is 249 g/mol. The van der Waals surface area contributed by atoms with Gasteiger partial charge in [-0.05, 0) is 20.3 Å². The highest BCUT2D eigenvalue weighted by Crippen LogP contribution is 2.18. The van der Waals surface area contributed by atoms with Crippen LogP contribution >= 0.6 is 0 Å². The average molecular weight is 249 g/mol. The molecule has 1 saturated carbocycles. The molecular weight excluding hydrogens is 234 g/mol. The van der Waals surface area contributed by atoms with Gasteiger partial charge in [0.2, 0.25) is 5.95 Å². The lowest BCUT2D eigenvalue weighted by molar-refractivity contribution is -0.124. The zero-order chi connectivity index (χ0) is 13.1. The second-order valence-corrected chi connectivity index (χ2v) is 4.12. The van der Waals surface area contributed by atoms with Gasteiger partial charge in [-0.1, -0.05) is 0 Å². The maximum Gasteiger partial charge on any atom is 0.341 e. The van der Waals surface area contributed by atoms with E-state index in [1.807, 2.05) is 0 Å². The number of nitrogens with zero attached hydrogens (tertiary/aromatic N) is 2. The normalized spacial score (nSPS) is 18.1. The molecule has 1 unspecified atom stereocenters. The molecule has 1 heterocycles. The molecule has 1 aromatic rings. The Labute approximate surface area is 105 Å². The summed E-state index contributed by atoms with van der Waals surface area (Å²) in [5.41, 5.74) is 0.889. The van der Waals surface area contributed by atoms with Crippen LogP contribution in [0, 0.1) is 6.92 Å². The number of ether oxygens (including phenoxy) is 1. The smallest absolute Gasteiger partial charge is 0.341 e. The van der Waals surface area contributed by atoms with Crippen LogP contribution in [0.1, 0.15) is 35.8 Å². The molecule has 96 valence electrons. The molecule has 0 spiro atoms. The number of anilines is 1. The van der Waals surface area contributed by atoms with Gasteiger partial charge in [-0.2, -0.15) is 0 Å². The fraction of sp³-hybridized carbons (Fsp3) is 0.500. The zero-order valence-electron chi connectivity index (χ0n) is 10.4. The van der Waals surface area contributed by atoms with Crippen molar-refractivity contribution in [3.63, 3.8) is 0 Å². The summed E-state index contributed by atoms with van der Waals surface area (Å²) in [5, 5.41) is 2.94. The van der Waals surface area contributed by atoms with Gasteiger partial charge in [0.25, 0.3) is 0 Å². The minimum atomic E-state index is -0.429.